The lowest BCUT2D eigenvalue weighted by Crippen LogP contribution is -2.48. The van der Waals surface area contributed by atoms with Crippen LogP contribution in [-0.4, -0.2) is 57.7 Å². The summed E-state index contributed by atoms with van der Waals surface area (Å²) in [6.45, 7) is 15.1. The van der Waals surface area contributed by atoms with Gasteiger partial charge in [-0.15, -0.1) is 0 Å². The fourth-order valence-corrected chi connectivity index (χ4v) is 7.75. The van der Waals surface area contributed by atoms with Crippen molar-refractivity contribution in [3.63, 3.8) is 0 Å². The minimum absolute atomic E-state index is 0.0116. The van der Waals surface area contributed by atoms with E-state index < -0.39 is 5.41 Å². The van der Waals surface area contributed by atoms with Gasteiger partial charge in [0.1, 0.15) is 12.4 Å². The van der Waals surface area contributed by atoms with Crippen LogP contribution in [0.4, 0.5) is 4.79 Å². The van der Waals surface area contributed by atoms with Gasteiger partial charge in [0.2, 0.25) is 0 Å². The van der Waals surface area contributed by atoms with Crippen molar-refractivity contribution in [2.24, 2.45) is 0 Å². The molecule has 0 bridgehead atoms. The highest BCUT2D eigenvalue weighted by Gasteiger charge is 2.39. The number of hydrogen-bond donors (Lipinski definition) is 0. The van der Waals surface area contributed by atoms with Gasteiger partial charge in [-0.1, -0.05) is 26.8 Å². The van der Waals surface area contributed by atoms with Crippen molar-refractivity contribution in [3.8, 4) is 17.1 Å². The van der Waals surface area contributed by atoms with Crippen molar-refractivity contribution in [1.29, 1.82) is 0 Å². The zero-order valence-electron chi connectivity index (χ0n) is 25.7. The number of carbonyl (C=O) groups excluding carboxylic acids is 1. The first-order chi connectivity index (χ1) is 20.8. The summed E-state index contributed by atoms with van der Waals surface area (Å²) in [7, 11) is 0. The largest absolute Gasteiger partial charge is 0.493 e. The second kappa shape index (κ2) is 10.8. The molecule has 0 aliphatic carbocycles. The zero-order chi connectivity index (χ0) is 29.9. The van der Waals surface area contributed by atoms with Crippen molar-refractivity contribution in [3.05, 3.63) is 69.2 Å². The van der Waals surface area contributed by atoms with Crippen LogP contribution in [0.2, 0.25) is 0 Å². The molecule has 0 N–H and O–H groups in total. The Labute approximate surface area is 253 Å². The number of allylic oxidation sites excluding steroid dienone is 1. The molecule has 6 heterocycles. The first-order valence-corrected chi connectivity index (χ1v) is 16.1. The fraction of sp³-hybridized carbons (Fsp3) is 0.514. The third-order valence-corrected chi connectivity index (χ3v) is 10.6. The quantitative estimate of drug-likeness (QED) is 0.287. The number of fused-ring (bicyclic) bond motifs is 5. The topological polar surface area (TPSA) is 76.9 Å². The number of likely N-dealkylation sites (tertiary alicyclic amines) is 2. The van der Waals surface area contributed by atoms with Gasteiger partial charge in [0.05, 0.1) is 34.8 Å². The third-order valence-electron chi connectivity index (χ3n) is 10.6. The number of nitrogens with zero attached hydrogens (tertiary/aromatic N) is 4. The SMILES string of the molecule is C=C1OCc2c(cc3n(c2=O)Cc2c-3nc3ccc(OC(=O)N4CCC(N5CCCCC5)CC4)cc3c2CC)[C@@]1(C)CC. The van der Waals surface area contributed by atoms with E-state index in [1.807, 2.05) is 27.7 Å². The Morgan fingerprint density at radius 1 is 1.09 bits per heavy atom. The van der Waals surface area contributed by atoms with Gasteiger partial charge in [0.25, 0.3) is 5.56 Å². The molecule has 4 aliphatic rings. The molecule has 226 valence electrons. The Morgan fingerprint density at radius 3 is 2.58 bits per heavy atom. The van der Waals surface area contributed by atoms with Gasteiger partial charge in [-0.3, -0.25) is 4.79 Å². The lowest BCUT2D eigenvalue weighted by atomic mass is 9.75. The molecule has 1 atom stereocenters. The number of rotatable bonds is 4. The van der Waals surface area contributed by atoms with Crippen LogP contribution in [0.1, 0.15) is 81.5 Å². The van der Waals surface area contributed by atoms with Gasteiger partial charge in [-0.2, -0.15) is 0 Å². The molecular weight excluding hydrogens is 540 g/mol. The normalized spacial score (nSPS) is 22.2. The van der Waals surface area contributed by atoms with E-state index in [1.165, 1.54) is 32.4 Å². The molecule has 0 unspecified atom stereocenters. The van der Waals surface area contributed by atoms with Gasteiger partial charge in [-0.25, -0.2) is 9.78 Å². The number of carbonyl (C=O) groups is 1. The molecule has 1 aromatic carbocycles. The van der Waals surface area contributed by atoms with E-state index in [0.717, 1.165) is 77.8 Å². The predicted molar refractivity (Wildman–Crippen MR) is 168 cm³/mol. The molecule has 0 spiro atoms. The first kappa shape index (κ1) is 28.1. The summed E-state index contributed by atoms with van der Waals surface area (Å²) in [4.78, 5) is 36.5. The molecule has 4 aliphatic heterocycles. The average Bonchev–Trinajstić information content (AvgIpc) is 3.41. The highest BCUT2D eigenvalue weighted by atomic mass is 16.6. The second-order valence-electron chi connectivity index (χ2n) is 12.8. The number of piperidine rings is 2. The molecule has 2 aromatic heterocycles. The summed E-state index contributed by atoms with van der Waals surface area (Å²) >= 11 is 0. The van der Waals surface area contributed by atoms with Crippen LogP contribution < -0.4 is 10.3 Å². The predicted octanol–water partition coefficient (Wildman–Crippen LogP) is 6.15. The van der Waals surface area contributed by atoms with E-state index in [2.05, 4.69) is 38.3 Å². The number of ether oxygens (including phenoxy) is 2. The number of benzene rings is 1. The first-order valence-electron chi connectivity index (χ1n) is 16.1. The minimum Gasteiger partial charge on any atom is -0.493 e. The molecule has 7 rings (SSSR count). The molecule has 43 heavy (non-hydrogen) atoms. The monoisotopic (exact) mass is 582 g/mol. The lowest BCUT2D eigenvalue weighted by Gasteiger charge is -2.39. The van der Waals surface area contributed by atoms with Crippen LogP contribution in [0, 0.1) is 0 Å². The van der Waals surface area contributed by atoms with E-state index in [0.29, 0.717) is 29.7 Å². The molecule has 2 fully saturated rings. The Morgan fingerprint density at radius 2 is 1.86 bits per heavy atom. The summed E-state index contributed by atoms with van der Waals surface area (Å²) in [6.07, 6.45) is 7.20. The minimum atomic E-state index is -0.420. The number of aromatic nitrogens is 2. The van der Waals surface area contributed by atoms with Gasteiger partial charge < -0.3 is 23.8 Å². The Kier molecular flexibility index (Phi) is 7.07. The van der Waals surface area contributed by atoms with Crippen LogP contribution >= 0.6 is 0 Å². The number of hydrogen-bond acceptors (Lipinski definition) is 6. The van der Waals surface area contributed by atoms with Crippen LogP contribution in [0.3, 0.4) is 0 Å². The second-order valence-corrected chi connectivity index (χ2v) is 12.8. The lowest BCUT2D eigenvalue weighted by molar-refractivity contribution is 0.0878. The van der Waals surface area contributed by atoms with Crippen molar-refractivity contribution in [1.82, 2.24) is 19.4 Å². The molecule has 3 aromatic rings. The standard InChI is InChI=1S/C35H42N4O4/c1-5-25-26-18-24(43-34(41)38-16-12-23(13-17-38)37-14-8-7-9-15-37)10-11-30(26)36-32-27(25)20-39-31(32)19-29-28(33(39)40)21-42-22(3)35(29,4)6-2/h10-11,18-19,23H,3,5-9,12-17,20-21H2,1-2,4H3/t35-/m0/s1. The highest BCUT2D eigenvalue weighted by Crippen LogP contribution is 2.44. The zero-order valence-corrected chi connectivity index (χ0v) is 25.7. The molecule has 8 nitrogen and oxygen atoms in total. The van der Waals surface area contributed by atoms with Gasteiger partial charge in [-0.05, 0) is 93.9 Å². The summed E-state index contributed by atoms with van der Waals surface area (Å²) in [5, 5.41) is 0.969. The van der Waals surface area contributed by atoms with E-state index >= 15 is 0 Å². The maximum absolute atomic E-state index is 13.8. The number of aryl methyl sites for hydroxylation is 1. The van der Waals surface area contributed by atoms with E-state index in [-0.39, 0.29) is 18.3 Å². The number of amides is 1. The maximum Gasteiger partial charge on any atom is 0.415 e. The van der Waals surface area contributed by atoms with E-state index in [9.17, 15) is 9.59 Å². The summed E-state index contributed by atoms with van der Waals surface area (Å²) in [5.74, 6) is 1.24. The van der Waals surface area contributed by atoms with Gasteiger partial charge in [0, 0.05) is 35.5 Å². The molecule has 8 heteroatoms. The molecule has 1 amide bonds. The van der Waals surface area contributed by atoms with Crippen molar-refractivity contribution in [2.45, 2.75) is 90.3 Å². The maximum atomic E-state index is 13.8. The smallest absolute Gasteiger partial charge is 0.415 e. The molecule has 2 saturated heterocycles. The fourth-order valence-electron chi connectivity index (χ4n) is 7.75. The Bertz CT molecular complexity index is 1680. The van der Waals surface area contributed by atoms with Crippen LogP contribution in [0.15, 0.2) is 41.4 Å². The van der Waals surface area contributed by atoms with Crippen LogP contribution in [0.25, 0.3) is 22.3 Å². The van der Waals surface area contributed by atoms with Crippen LogP contribution in [-0.2, 0) is 29.7 Å². The third kappa shape index (κ3) is 4.57. The van der Waals surface area contributed by atoms with E-state index in [1.54, 1.807) is 0 Å². The Balaban J connectivity index is 1.16. The van der Waals surface area contributed by atoms with Crippen molar-refractivity contribution >= 4 is 17.0 Å². The summed E-state index contributed by atoms with van der Waals surface area (Å²) < 4.78 is 13.7. The summed E-state index contributed by atoms with van der Waals surface area (Å²) in [5.41, 5.74) is 6.04. The van der Waals surface area contributed by atoms with Crippen molar-refractivity contribution < 1.29 is 14.3 Å². The summed E-state index contributed by atoms with van der Waals surface area (Å²) in [6, 6.07) is 8.44. The van der Waals surface area contributed by atoms with Crippen LogP contribution in [0.5, 0.6) is 5.75 Å². The average molecular weight is 583 g/mol. The van der Waals surface area contributed by atoms with Crippen molar-refractivity contribution in [2.75, 3.05) is 26.2 Å². The van der Waals surface area contributed by atoms with Gasteiger partial charge in [0.15, 0.2) is 0 Å². The molecule has 0 saturated carbocycles. The molecule has 0 radical (unpaired) electrons. The Hall–Kier alpha value is -3.65. The highest BCUT2D eigenvalue weighted by molar-refractivity contribution is 5.89. The van der Waals surface area contributed by atoms with E-state index in [4.69, 9.17) is 14.5 Å². The number of pyridine rings is 2. The molecular formula is C35H42N4O4. The van der Waals surface area contributed by atoms with Gasteiger partial charge >= 0.3 is 6.09 Å².